The summed E-state index contributed by atoms with van der Waals surface area (Å²) in [6.45, 7) is 18.2. The van der Waals surface area contributed by atoms with Gasteiger partial charge in [0.15, 0.2) is 0 Å². The second kappa shape index (κ2) is 11.3. The molecule has 37 heavy (non-hydrogen) atoms. The maximum atomic E-state index is 4.73. The van der Waals surface area contributed by atoms with Crippen molar-refractivity contribution in [2.75, 3.05) is 0 Å². The van der Waals surface area contributed by atoms with Gasteiger partial charge in [0.2, 0.25) is 0 Å². The number of hydrogen-bond acceptors (Lipinski definition) is 2. The van der Waals surface area contributed by atoms with Crippen LogP contribution in [0, 0.1) is 0 Å². The first-order chi connectivity index (χ1) is 17.7. The molecule has 0 saturated carbocycles. The largest absolute Gasteiger partial charge is 0.362 e. The van der Waals surface area contributed by atoms with E-state index in [4.69, 9.17) is 4.98 Å². The van der Waals surface area contributed by atoms with Crippen molar-refractivity contribution < 1.29 is 0 Å². The van der Waals surface area contributed by atoms with E-state index in [1.807, 2.05) is 6.20 Å². The number of nitrogens with one attached hydrogen (secondary N) is 1. The van der Waals surface area contributed by atoms with Crippen molar-refractivity contribution in [1.82, 2.24) is 10.3 Å². The SMILES string of the molecule is CC(C)c1cccc(C(C)C)c1C1=C/C(=C/c2cc(-c3c(C(C)C)cccc3C(C)C)ccn2)NC=C1. The summed E-state index contributed by atoms with van der Waals surface area (Å²) >= 11 is 0. The van der Waals surface area contributed by atoms with Gasteiger partial charge in [-0.2, -0.15) is 0 Å². The predicted molar refractivity (Wildman–Crippen MR) is 161 cm³/mol. The topological polar surface area (TPSA) is 24.9 Å². The van der Waals surface area contributed by atoms with Crippen molar-refractivity contribution >= 4 is 11.6 Å². The van der Waals surface area contributed by atoms with E-state index in [9.17, 15) is 0 Å². The standard InChI is InChI=1S/C35H42N2/c1-22(2)30-11-9-12-31(23(3)4)34(30)26-15-17-36-28(19-26)21-29-20-27(16-18-37-29)35-32(24(5)6)13-10-14-33(35)25(7)8/h9-25,36H,1-8H3/b28-21-. The lowest BCUT2D eigenvalue weighted by Crippen LogP contribution is -2.10. The average molecular weight is 491 g/mol. The number of rotatable bonds is 7. The Kier molecular flexibility index (Phi) is 8.17. The number of aromatic nitrogens is 1. The van der Waals surface area contributed by atoms with Gasteiger partial charge in [0, 0.05) is 18.1 Å². The Hall–Kier alpha value is -3.39. The Morgan fingerprint density at radius 2 is 1.19 bits per heavy atom. The zero-order valence-electron chi connectivity index (χ0n) is 23.8. The van der Waals surface area contributed by atoms with Gasteiger partial charge in [0.25, 0.3) is 0 Å². The Morgan fingerprint density at radius 3 is 1.70 bits per heavy atom. The van der Waals surface area contributed by atoms with Crippen molar-refractivity contribution in [2.45, 2.75) is 79.1 Å². The summed E-state index contributed by atoms with van der Waals surface area (Å²) < 4.78 is 0. The highest BCUT2D eigenvalue weighted by Gasteiger charge is 2.18. The quantitative estimate of drug-likeness (QED) is 0.356. The third kappa shape index (κ3) is 5.80. The normalized spacial score (nSPS) is 14.7. The summed E-state index contributed by atoms with van der Waals surface area (Å²) in [7, 11) is 0. The van der Waals surface area contributed by atoms with Crippen LogP contribution in [0.25, 0.3) is 22.8 Å². The van der Waals surface area contributed by atoms with Crippen LogP contribution in [-0.2, 0) is 0 Å². The number of nitrogens with zero attached hydrogens (tertiary/aromatic N) is 1. The molecule has 2 aromatic carbocycles. The Bertz CT molecular complexity index is 1300. The van der Waals surface area contributed by atoms with E-state index in [2.05, 4.69) is 134 Å². The highest BCUT2D eigenvalue weighted by Crippen LogP contribution is 2.37. The molecule has 0 saturated heterocycles. The highest BCUT2D eigenvalue weighted by atomic mass is 14.9. The molecule has 0 unspecified atom stereocenters. The van der Waals surface area contributed by atoms with Crippen molar-refractivity contribution in [3.05, 3.63) is 112 Å². The van der Waals surface area contributed by atoms with Crippen molar-refractivity contribution in [3.63, 3.8) is 0 Å². The van der Waals surface area contributed by atoms with Gasteiger partial charge in [-0.3, -0.25) is 4.98 Å². The van der Waals surface area contributed by atoms with Gasteiger partial charge in [0.1, 0.15) is 0 Å². The van der Waals surface area contributed by atoms with E-state index >= 15 is 0 Å². The van der Waals surface area contributed by atoms with Gasteiger partial charge >= 0.3 is 0 Å². The van der Waals surface area contributed by atoms with Gasteiger partial charge in [-0.15, -0.1) is 0 Å². The van der Waals surface area contributed by atoms with Crippen LogP contribution in [0.4, 0.5) is 0 Å². The van der Waals surface area contributed by atoms with Gasteiger partial charge in [-0.1, -0.05) is 91.8 Å². The first-order valence-electron chi connectivity index (χ1n) is 13.8. The highest BCUT2D eigenvalue weighted by molar-refractivity contribution is 5.83. The molecule has 0 fully saturated rings. The van der Waals surface area contributed by atoms with E-state index < -0.39 is 0 Å². The second-order valence-corrected chi connectivity index (χ2v) is 11.4. The molecule has 1 N–H and O–H groups in total. The zero-order valence-corrected chi connectivity index (χ0v) is 23.8. The molecule has 4 rings (SSSR count). The fourth-order valence-electron chi connectivity index (χ4n) is 5.33. The first kappa shape index (κ1) is 26.7. The van der Waals surface area contributed by atoms with Crippen LogP contribution in [-0.4, -0.2) is 4.98 Å². The van der Waals surface area contributed by atoms with Crippen LogP contribution in [0.2, 0.25) is 0 Å². The molecule has 2 heterocycles. The third-order valence-electron chi connectivity index (χ3n) is 7.23. The molecule has 0 radical (unpaired) electrons. The van der Waals surface area contributed by atoms with E-state index in [1.165, 1.54) is 44.5 Å². The van der Waals surface area contributed by atoms with Gasteiger partial charge in [-0.05, 0) is 98.5 Å². The number of pyridine rings is 1. The summed E-state index contributed by atoms with van der Waals surface area (Å²) in [6.07, 6.45) is 10.6. The number of allylic oxidation sites excluding steroid dienone is 3. The molecule has 1 aliphatic rings. The molecule has 1 aliphatic heterocycles. The molecule has 0 spiro atoms. The molecular formula is C35H42N2. The molecule has 0 atom stereocenters. The Morgan fingerprint density at radius 1 is 0.676 bits per heavy atom. The fourth-order valence-corrected chi connectivity index (χ4v) is 5.33. The maximum absolute atomic E-state index is 4.73. The lowest BCUT2D eigenvalue weighted by Gasteiger charge is -2.22. The van der Waals surface area contributed by atoms with Crippen LogP contribution in [0.15, 0.2) is 78.8 Å². The van der Waals surface area contributed by atoms with Gasteiger partial charge in [0.05, 0.1) is 5.69 Å². The number of hydrogen-bond donors (Lipinski definition) is 1. The molecular weight excluding hydrogens is 448 g/mol. The molecule has 1 aromatic heterocycles. The van der Waals surface area contributed by atoms with Crippen LogP contribution >= 0.6 is 0 Å². The molecule has 3 aromatic rings. The van der Waals surface area contributed by atoms with Crippen LogP contribution in [0.5, 0.6) is 0 Å². The van der Waals surface area contributed by atoms with Crippen LogP contribution < -0.4 is 5.32 Å². The van der Waals surface area contributed by atoms with Crippen LogP contribution in [0.1, 0.15) is 113 Å². The molecule has 2 nitrogen and oxygen atoms in total. The van der Waals surface area contributed by atoms with E-state index in [1.54, 1.807) is 0 Å². The van der Waals surface area contributed by atoms with E-state index in [0.717, 1.165) is 11.4 Å². The van der Waals surface area contributed by atoms with E-state index in [-0.39, 0.29) is 0 Å². The fraction of sp³-hybridized carbons (Fsp3) is 0.343. The van der Waals surface area contributed by atoms with Crippen molar-refractivity contribution in [2.24, 2.45) is 0 Å². The zero-order chi connectivity index (χ0) is 26.7. The minimum atomic E-state index is 0.454. The minimum absolute atomic E-state index is 0.454. The van der Waals surface area contributed by atoms with Crippen molar-refractivity contribution in [1.29, 1.82) is 0 Å². The van der Waals surface area contributed by atoms with Gasteiger partial charge in [-0.25, -0.2) is 0 Å². The van der Waals surface area contributed by atoms with E-state index in [0.29, 0.717) is 23.7 Å². The summed E-state index contributed by atoms with van der Waals surface area (Å²) in [4.78, 5) is 4.73. The maximum Gasteiger partial charge on any atom is 0.0656 e. The molecule has 0 aliphatic carbocycles. The average Bonchev–Trinajstić information content (AvgIpc) is 2.87. The smallest absolute Gasteiger partial charge is 0.0656 e. The lowest BCUT2D eigenvalue weighted by molar-refractivity contribution is 0.827. The lowest BCUT2D eigenvalue weighted by atomic mass is 9.84. The monoisotopic (exact) mass is 490 g/mol. The minimum Gasteiger partial charge on any atom is -0.362 e. The van der Waals surface area contributed by atoms with Gasteiger partial charge < -0.3 is 5.32 Å². The first-order valence-corrected chi connectivity index (χ1v) is 13.8. The summed E-state index contributed by atoms with van der Waals surface area (Å²) in [5.74, 6) is 1.82. The second-order valence-electron chi connectivity index (χ2n) is 11.4. The Balaban J connectivity index is 1.79. The summed E-state index contributed by atoms with van der Waals surface area (Å²) in [5, 5.41) is 3.45. The van der Waals surface area contributed by atoms with Crippen LogP contribution in [0.3, 0.4) is 0 Å². The molecule has 2 heteroatoms. The molecule has 0 bridgehead atoms. The third-order valence-corrected chi connectivity index (χ3v) is 7.23. The number of dihydropyridines is 1. The molecule has 0 amide bonds. The summed E-state index contributed by atoms with van der Waals surface area (Å²) in [5.41, 5.74) is 12.8. The summed E-state index contributed by atoms with van der Waals surface area (Å²) in [6, 6.07) is 17.9. The molecule has 192 valence electrons. The number of benzene rings is 2. The Labute approximate surface area is 224 Å². The van der Waals surface area contributed by atoms with Crippen molar-refractivity contribution in [3.8, 4) is 11.1 Å². The predicted octanol–water partition coefficient (Wildman–Crippen LogP) is 9.78.